The Morgan fingerprint density at radius 1 is 1.07 bits per heavy atom. The highest BCUT2D eigenvalue weighted by molar-refractivity contribution is 9.10. The van der Waals surface area contributed by atoms with Crippen LogP contribution in [0.5, 0.6) is 0 Å². The van der Waals surface area contributed by atoms with Gasteiger partial charge in [0.2, 0.25) is 0 Å². The predicted octanol–water partition coefficient (Wildman–Crippen LogP) is 4.82. The molecule has 6 heteroatoms. The summed E-state index contributed by atoms with van der Waals surface area (Å²) in [4.78, 5) is 17.5. The number of anilines is 2. The fourth-order valence-electron chi connectivity index (χ4n) is 3.73. The molecule has 0 radical (unpaired) electrons. The maximum absolute atomic E-state index is 12.8. The maximum atomic E-state index is 12.8. The molecule has 4 rings (SSSR count). The van der Waals surface area contributed by atoms with Crippen LogP contribution in [0.25, 0.3) is 11.0 Å². The summed E-state index contributed by atoms with van der Waals surface area (Å²) in [5.41, 5.74) is 4.73. The quantitative estimate of drug-likeness (QED) is 0.632. The first-order chi connectivity index (χ1) is 13.4. The van der Waals surface area contributed by atoms with Crippen LogP contribution in [-0.2, 0) is 0 Å². The van der Waals surface area contributed by atoms with Crippen LogP contribution in [0, 0.1) is 13.8 Å². The van der Waals surface area contributed by atoms with Gasteiger partial charge in [0.1, 0.15) is 5.58 Å². The Morgan fingerprint density at radius 3 is 2.54 bits per heavy atom. The zero-order valence-corrected chi connectivity index (χ0v) is 18.0. The number of benzene rings is 2. The van der Waals surface area contributed by atoms with Gasteiger partial charge in [-0.1, -0.05) is 15.9 Å². The lowest BCUT2D eigenvalue weighted by Crippen LogP contribution is -2.44. The van der Waals surface area contributed by atoms with E-state index in [1.807, 2.05) is 37.3 Å². The summed E-state index contributed by atoms with van der Waals surface area (Å²) in [5.74, 6) is 0.130. The number of rotatable bonds is 3. The monoisotopic (exact) mass is 441 g/mol. The van der Waals surface area contributed by atoms with Crippen LogP contribution in [0.15, 0.2) is 45.3 Å². The molecule has 0 bridgehead atoms. The van der Waals surface area contributed by atoms with Gasteiger partial charge in [-0.15, -0.1) is 0 Å². The van der Waals surface area contributed by atoms with Gasteiger partial charge >= 0.3 is 0 Å². The average molecular weight is 442 g/mol. The van der Waals surface area contributed by atoms with Crippen molar-refractivity contribution in [1.82, 2.24) is 4.90 Å². The number of halogens is 1. The predicted molar refractivity (Wildman–Crippen MR) is 117 cm³/mol. The van der Waals surface area contributed by atoms with E-state index in [4.69, 9.17) is 4.42 Å². The van der Waals surface area contributed by atoms with Crippen molar-refractivity contribution in [1.29, 1.82) is 0 Å². The van der Waals surface area contributed by atoms with E-state index >= 15 is 0 Å². The van der Waals surface area contributed by atoms with Gasteiger partial charge in [-0.2, -0.15) is 0 Å². The van der Waals surface area contributed by atoms with Crippen molar-refractivity contribution in [2.45, 2.75) is 13.8 Å². The SMILES string of the molecule is Cc1cc(NC(=O)c2oc3ccc(Br)cc3c2C)ccc1N1CCN(C)CC1. The lowest BCUT2D eigenvalue weighted by Gasteiger charge is -2.35. The topological polar surface area (TPSA) is 48.7 Å². The van der Waals surface area contributed by atoms with E-state index in [0.717, 1.165) is 52.9 Å². The smallest absolute Gasteiger partial charge is 0.291 e. The van der Waals surface area contributed by atoms with Crippen molar-refractivity contribution >= 4 is 44.2 Å². The van der Waals surface area contributed by atoms with E-state index in [1.54, 1.807) is 0 Å². The second-order valence-electron chi connectivity index (χ2n) is 7.44. The molecule has 0 saturated carbocycles. The first-order valence-electron chi connectivity index (χ1n) is 9.46. The van der Waals surface area contributed by atoms with Crippen LogP contribution in [0.1, 0.15) is 21.7 Å². The fraction of sp³-hybridized carbons (Fsp3) is 0.318. The molecule has 146 valence electrons. The summed E-state index contributed by atoms with van der Waals surface area (Å²) in [6.45, 7) is 8.19. The van der Waals surface area contributed by atoms with E-state index in [1.165, 1.54) is 5.69 Å². The first-order valence-corrected chi connectivity index (χ1v) is 10.3. The van der Waals surface area contributed by atoms with Gasteiger partial charge in [-0.3, -0.25) is 4.79 Å². The van der Waals surface area contributed by atoms with Crippen molar-refractivity contribution in [3.8, 4) is 0 Å². The van der Waals surface area contributed by atoms with Crippen LogP contribution in [0.4, 0.5) is 11.4 Å². The number of carbonyl (C=O) groups is 1. The third-order valence-electron chi connectivity index (χ3n) is 5.40. The van der Waals surface area contributed by atoms with Gasteiger partial charge in [-0.25, -0.2) is 0 Å². The molecular formula is C22H24BrN3O2. The summed E-state index contributed by atoms with van der Waals surface area (Å²) in [5, 5.41) is 3.93. The van der Waals surface area contributed by atoms with Gasteiger partial charge in [0, 0.05) is 53.0 Å². The number of hydrogen-bond donors (Lipinski definition) is 1. The Labute approximate surface area is 173 Å². The van der Waals surface area contributed by atoms with Gasteiger partial charge < -0.3 is 19.5 Å². The summed E-state index contributed by atoms with van der Waals surface area (Å²) in [7, 11) is 2.15. The number of hydrogen-bond acceptors (Lipinski definition) is 4. The Morgan fingerprint density at radius 2 is 1.82 bits per heavy atom. The second kappa shape index (κ2) is 7.60. The third-order valence-corrected chi connectivity index (χ3v) is 5.90. The molecule has 2 heterocycles. The van der Waals surface area contributed by atoms with E-state index in [9.17, 15) is 4.79 Å². The van der Waals surface area contributed by atoms with E-state index in [2.05, 4.69) is 51.1 Å². The van der Waals surface area contributed by atoms with Crippen LogP contribution in [0.3, 0.4) is 0 Å². The van der Waals surface area contributed by atoms with E-state index in [-0.39, 0.29) is 5.91 Å². The number of aryl methyl sites for hydroxylation is 2. The Hall–Kier alpha value is -2.31. The number of amides is 1. The highest BCUT2D eigenvalue weighted by Crippen LogP contribution is 2.29. The lowest BCUT2D eigenvalue weighted by molar-refractivity contribution is 0.0998. The minimum Gasteiger partial charge on any atom is -0.451 e. The molecule has 0 spiro atoms. The highest BCUT2D eigenvalue weighted by Gasteiger charge is 2.19. The number of nitrogens with zero attached hydrogens (tertiary/aromatic N) is 2. The average Bonchev–Trinajstić information content (AvgIpc) is 2.99. The van der Waals surface area contributed by atoms with E-state index < -0.39 is 0 Å². The molecule has 0 atom stereocenters. The molecule has 1 amide bonds. The largest absolute Gasteiger partial charge is 0.451 e. The molecule has 1 saturated heterocycles. The van der Waals surface area contributed by atoms with Crippen molar-refractivity contribution in [2.24, 2.45) is 0 Å². The molecule has 0 aliphatic carbocycles. The van der Waals surface area contributed by atoms with Gasteiger partial charge in [0.25, 0.3) is 5.91 Å². The standard InChI is InChI=1S/C22H24BrN3O2/c1-14-12-17(5-6-19(14)26-10-8-25(3)9-11-26)24-22(27)21-15(2)18-13-16(23)4-7-20(18)28-21/h4-7,12-13H,8-11H2,1-3H3,(H,24,27). The van der Waals surface area contributed by atoms with Gasteiger partial charge in [-0.05, 0) is 62.9 Å². The van der Waals surface area contributed by atoms with Gasteiger partial charge in [0.15, 0.2) is 5.76 Å². The van der Waals surface area contributed by atoms with Crippen LogP contribution < -0.4 is 10.2 Å². The van der Waals surface area contributed by atoms with Crippen molar-refractivity contribution in [2.75, 3.05) is 43.4 Å². The molecule has 1 aliphatic rings. The zero-order valence-electron chi connectivity index (χ0n) is 16.4. The molecule has 1 aromatic heterocycles. The molecule has 1 aliphatic heterocycles. The Bertz CT molecular complexity index is 1040. The number of nitrogens with one attached hydrogen (secondary N) is 1. The molecule has 1 fully saturated rings. The molecule has 2 aromatic carbocycles. The van der Waals surface area contributed by atoms with Crippen LogP contribution in [0.2, 0.25) is 0 Å². The number of furan rings is 1. The second-order valence-corrected chi connectivity index (χ2v) is 8.36. The van der Waals surface area contributed by atoms with Gasteiger partial charge in [0.05, 0.1) is 0 Å². The summed E-state index contributed by atoms with van der Waals surface area (Å²) >= 11 is 3.47. The lowest BCUT2D eigenvalue weighted by atomic mass is 10.1. The molecule has 0 unspecified atom stereocenters. The Kier molecular flexibility index (Phi) is 5.17. The normalized spacial score (nSPS) is 15.2. The minimum atomic E-state index is -0.225. The zero-order chi connectivity index (χ0) is 19.8. The van der Waals surface area contributed by atoms with Crippen LogP contribution in [-0.4, -0.2) is 44.0 Å². The first kappa shape index (κ1) is 19.0. The molecular weight excluding hydrogens is 418 g/mol. The number of piperazine rings is 1. The number of likely N-dealkylation sites (N-methyl/N-ethyl adjacent to an activating group) is 1. The number of carbonyl (C=O) groups excluding carboxylic acids is 1. The summed E-state index contributed by atoms with van der Waals surface area (Å²) in [6.07, 6.45) is 0. The highest BCUT2D eigenvalue weighted by atomic mass is 79.9. The third kappa shape index (κ3) is 3.66. The number of fused-ring (bicyclic) bond motifs is 1. The van der Waals surface area contributed by atoms with E-state index in [0.29, 0.717) is 11.3 Å². The summed E-state index contributed by atoms with van der Waals surface area (Å²) < 4.78 is 6.77. The molecule has 28 heavy (non-hydrogen) atoms. The van der Waals surface area contributed by atoms with Crippen molar-refractivity contribution < 1.29 is 9.21 Å². The maximum Gasteiger partial charge on any atom is 0.291 e. The molecule has 3 aromatic rings. The summed E-state index contributed by atoms with van der Waals surface area (Å²) in [6, 6.07) is 11.8. The van der Waals surface area contributed by atoms with Crippen molar-refractivity contribution in [3.63, 3.8) is 0 Å². The van der Waals surface area contributed by atoms with Crippen LogP contribution >= 0.6 is 15.9 Å². The fourth-order valence-corrected chi connectivity index (χ4v) is 4.09. The van der Waals surface area contributed by atoms with Crippen molar-refractivity contribution in [3.05, 3.63) is 57.8 Å². The molecule has 1 N–H and O–H groups in total. The molecule has 5 nitrogen and oxygen atoms in total. The Balaban J connectivity index is 1.53. The minimum absolute atomic E-state index is 0.225.